The van der Waals surface area contributed by atoms with Crippen molar-refractivity contribution in [3.8, 4) is 0 Å². The van der Waals surface area contributed by atoms with E-state index < -0.39 is 0 Å². The third-order valence-electron chi connectivity index (χ3n) is 4.59. The molecule has 0 aromatic heterocycles. The van der Waals surface area contributed by atoms with Crippen LogP contribution in [0, 0.1) is 0 Å². The molecular formula is C22H26N2O4. The second-order valence-corrected chi connectivity index (χ2v) is 6.71. The lowest BCUT2D eigenvalue weighted by molar-refractivity contribution is -0.151. The average Bonchev–Trinajstić information content (AvgIpc) is 2.73. The summed E-state index contributed by atoms with van der Waals surface area (Å²) in [5, 5.41) is 0. The predicted octanol–water partition coefficient (Wildman–Crippen LogP) is 2.09. The van der Waals surface area contributed by atoms with Crippen LogP contribution in [-0.2, 0) is 32.3 Å². The number of amides is 2. The fraction of sp³-hybridized carbons (Fsp3) is 0.364. The van der Waals surface area contributed by atoms with E-state index in [4.69, 9.17) is 9.47 Å². The van der Waals surface area contributed by atoms with Gasteiger partial charge in [0.15, 0.2) is 0 Å². The van der Waals surface area contributed by atoms with Crippen molar-refractivity contribution in [1.29, 1.82) is 0 Å². The Kier molecular flexibility index (Phi) is 7.58. The minimum atomic E-state index is -0.0500. The van der Waals surface area contributed by atoms with E-state index in [1.807, 2.05) is 60.7 Å². The average molecular weight is 382 g/mol. The maximum atomic E-state index is 12.3. The molecule has 148 valence electrons. The van der Waals surface area contributed by atoms with Gasteiger partial charge in [0.2, 0.25) is 11.8 Å². The summed E-state index contributed by atoms with van der Waals surface area (Å²) in [4.78, 5) is 27.7. The zero-order valence-corrected chi connectivity index (χ0v) is 16.0. The van der Waals surface area contributed by atoms with Crippen LogP contribution in [0.4, 0.5) is 0 Å². The summed E-state index contributed by atoms with van der Waals surface area (Å²) < 4.78 is 11.2. The Balaban J connectivity index is 1.33. The number of carbonyl (C=O) groups is 2. The highest BCUT2D eigenvalue weighted by atomic mass is 16.5. The van der Waals surface area contributed by atoms with Gasteiger partial charge < -0.3 is 19.3 Å². The van der Waals surface area contributed by atoms with Crippen LogP contribution in [-0.4, -0.2) is 61.0 Å². The lowest BCUT2D eigenvalue weighted by Crippen LogP contribution is -2.55. The Morgan fingerprint density at radius 2 is 1.04 bits per heavy atom. The van der Waals surface area contributed by atoms with Gasteiger partial charge in [0.05, 0.1) is 39.5 Å². The zero-order valence-electron chi connectivity index (χ0n) is 16.0. The summed E-state index contributed by atoms with van der Waals surface area (Å²) in [6.45, 7) is 2.88. The molecule has 2 aromatic rings. The van der Waals surface area contributed by atoms with Crippen LogP contribution in [0.1, 0.15) is 11.1 Å². The molecule has 3 rings (SSSR count). The highest BCUT2D eigenvalue weighted by molar-refractivity contribution is 5.92. The first-order valence-corrected chi connectivity index (χ1v) is 9.51. The molecule has 1 aliphatic rings. The molecule has 0 aliphatic carbocycles. The first-order chi connectivity index (χ1) is 13.7. The molecule has 0 spiro atoms. The monoisotopic (exact) mass is 382 g/mol. The summed E-state index contributed by atoms with van der Waals surface area (Å²) in [6, 6.07) is 19.7. The second kappa shape index (κ2) is 10.6. The van der Waals surface area contributed by atoms with Crippen molar-refractivity contribution >= 4 is 11.8 Å². The summed E-state index contributed by atoms with van der Waals surface area (Å²) >= 11 is 0. The van der Waals surface area contributed by atoms with Crippen LogP contribution in [0.5, 0.6) is 0 Å². The molecule has 6 nitrogen and oxygen atoms in total. The minimum absolute atomic E-state index is 0.0500. The van der Waals surface area contributed by atoms with Crippen molar-refractivity contribution in [2.75, 3.05) is 39.4 Å². The molecular weight excluding hydrogens is 356 g/mol. The molecule has 0 atom stereocenters. The molecule has 1 fully saturated rings. The van der Waals surface area contributed by atoms with Crippen LogP contribution < -0.4 is 0 Å². The fourth-order valence-electron chi connectivity index (χ4n) is 2.99. The van der Waals surface area contributed by atoms with Crippen molar-refractivity contribution in [1.82, 2.24) is 9.80 Å². The van der Waals surface area contributed by atoms with Gasteiger partial charge >= 0.3 is 0 Å². The summed E-state index contributed by atoms with van der Waals surface area (Å²) in [7, 11) is 0. The van der Waals surface area contributed by atoms with E-state index in [-0.39, 0.29) is 24.9 Å². The van der Waals surface area contributed by atoms with Gasteiger partial charge in [-0.15, -0.1) is 0 Å². The molecule has 6 heteroatoms. The molecule has 0 unspecified atom stereocenters. The highest BCUT2D eigenvalue weighted by Crippen LogP contribution is 2.07. The van der Waals surface area contributed by atoms with Crippen LogP contribution in [0.25, 0.3) is 0 Å². The maximum absolute atomic E-state index is 12.3. The van der Waals surface area contributed by atoms with Gasteiger partial charge in [-0.2, -0.15) is 0 Å². The molecule has 1 aliphatic heterocycles. The molecule has 0 radical (unpaired) electrons. The lowest BCUT2D eigenvalue weighted by atomic mass is 10.2. The molecule has 28 heavy (non-hydrogen) atoms. The van der Waals surface area contributed by atoms with Crippen LogP contribution in [0.15, 0.2) is 60.7 Å². The standard InChI is InChI=1S/C22H26N2O4/c25-21-16-24(12-14-28-18-20-9-5-2-6-10-20)22(26)15-23(21)11-13-27-17-19-7-3-1-4-8-19/h1-10H,11-18H2. The van der Waals surface area contributed by atoms with Crippen molar-refractivity contribution in [3.63, 3.8) is 0 Å². The number of nitrogens with zero attached hydrogens (tertiary/aromatic N) is 2. The highest BCUT2D eigenvalue weighted by Gasteiger charge is 2.29. The van der Waals surface area contributed by atoms with Crippen molar-refractivity contribution in [2.45, 2.75) is 13.2 Å². The largest absolute Gasteiger partial charge is 0.375 e. The Bertz CT molecular complexity index is 686. The summed E-state index contributed by atoms with van der Waals surface area (Å²) in [5.74, 6) is -0.100. The van der Waals surface area contributed by atoms with E-state index in [1.54, 1.807) is 9.80 Å². The Labute approximate surface area is 165 Å². The van der Waals surface area contributed by atoms with Gasteiger partial charge in [-0.1, -0.05) is 60.7 Å². The van der Waals surface area contributed by atoms with Crippen molar-refractivity contribution in [2.24, 2.45) is 0 Å². The molecule has 1 heterocycles. The third kappa shape index (κ3) is 6.18. The molecule has 0 saturated carbocycles. The van der Waals surface area contributed by atoms with Crippen LogP contribution >= 0.6 is 0 Å². The van der Waals surface area contributed by atoms with E-state index in [9.17, 15) is 9.59 Å². The van der Waals surface area contributed by atoms with Gasteiger partial charge in [0.1, 0.15) is 0 Å². The SMILES string of the molecule is O=C1CN(CCOCc2ccccc2)C(=O)CN1CCOCc1ccccc1. The summed E-state index contributed by atoms with van der Waals surface area (Å²) in [5.41, 5.74) is 2.18. The molecule has 2 aromatic carbocycles. The number of hydrogen-bond donors (Lipinski definition) is 0. The molecule has 1 saturated heterocycles. The smallest absolute Gasteiger partial charge is 0.242 e. The molecule has 2 amide bonds. The van der Waals surface area contributed by atoms with Gasteiger partial charge in [0, 0.05) is 13.1 Å². The molecule has 0 N–H and O–H groups in total. The topological polar surface area (TPSA) is 59.1 Å². The van der Waals surface area contributed by atoms with E-state index in [0.717, 1.165) is 11.1 Å². The molecule has 0 bridgehead atoms. The van der Waals surface area contributed by atoms with Crippen LogP contribution in [0.3, 0.4) is 0 Å². The fourth-order valence-corrected chi connectivity index (χ4v) is 2.99. The lowest BCUT2D eigenvalue weighted by Gasteiger charge is -2.33. The Morgan fingerprint density at radius 3 is 1.43 bits per heavy atom. The van der Waals surface area contributed by atoms with E-state index in [2.05, 4.69) is 0 Å². The second-order valence-electron chi connectivity index (χ2n) is 6.71. The minimum Gasteiger partial charge on any atom is -0.375 e. The third-order valence-corrected chi connectivity index (χ3v) is 4.59. The number of piperazine rings is 1. The van der Waals surface area contributed by atoms with Crippen molar-refractivity contribution < 1.29 is 19.1 Å². The van der Waals surface area contributed by atoms with Gasteiger partial charge in [-0.05, 0) is 11.1 Å². The van der Waals surface area contributed by atoms with Gasteiger partial charge in [-0.25, -0.2) is 0 Å². The van der Waals surface area contributed by atoms with Crippen LogP contribution in [0.2, 0.25) is 0 Å². The van der Waals surface area contributed by atoms with E-state index in [0.29, 0.717) is 39.5 Å². The Morgan fingerprint density at radius 1 is 0.643 bits per heavy atom. The zero-order chi connectivity index (χ0) is 19.6. The Hall–Kier alpha value is -2.70. The number of benzene rings is 2. The van der Waals surface area contributed by atoms with E-state index in [1.165, 1.54) is 0 Å². The maximum Gasteiger partial charge on any atom is 0.242 e. The van der Waals surface area contributed by atoms with Gasteiger partial charge in [0.25, 0.3) is 0 Å². The first kappa shape index (κ1) is 20.0. The normalized spacial score (nSPS) is 14.6. The summed E-state index contributed by atoms with van der Waals surface area (Å²) in [6.07, 6.45) is 0. The number of hydrogen-bond acceptors (Lipinski definition) is 4. The van der Waals surface area contributed by atoms with Gasteiger partial charge in [-0.3, -0.25) is 9.59 Å². The van der Waals surface area contributed by atoms with E-state index >= 15 is 0 Å². The predicted molar refractivity (Wildman–Crippen MR) is 105 cm³/mol. The first-order valence-electron chi connectivity index (χ1n) is 9.51. The number of carbonyl (C=O) groups excluding carboxylic acids is 2. The quantitative estimate of drug-likeness (QED) is 0.591. The number of rotatable bonds is 10. The van der Waals surface area contributed by atoms with Crippen molar-refractivity contribution in [3.05, 3.63) is 71.8 Å². The number of ether oxygens (including phenoxy) is 2.